The molecule has 1 aliphatic heterocycles. The number of nitrogens with zero attached hydrogens (tertiary/aromatic N) is 2. The minimum absolute atomic E-state index is 0.183. The Bertz CT molecular complexity index is 635. The third kappa shape index (κ3) is 1.80. The van der Waals surface area contributed by atoms with Crippen molar-refractivity contribution in [2.24, 2.45) is 5.73 Å². The summed E-state index contributed by atoms with van der Waals surface area (Å²) in [4.78, 5) is 29.9. The number of imide groups is 1. The molecule has 100 valence electrons. The molecule has 1 unspecified atom stereocenters. The number of pyridine rings is 1. The SMILES string of the molecule is NCC(c1ccccc1)N1C(=O)c2ccncc2C1=O. The summed E-state index contributed by atoms with van der Waals surface area (Å²) in [7, 11) is 0. The first-order valence-corrected chi connectivity index (χ1v) is 6.31. The molecule has 0 fully saturated rings. The normalized spacial score (nSPS) is 15.3. The van der Waals surface area contributed by atoms with Gasteiger partial charge in [0, 0.05) is 18.9 Å². The topological polar surface area (TPSA) is 76.3 Å². The van der Waals surface area contributed by atoms with Gasteiger partial charge in [-0.2, -0.15) is 0 Å². The Hall–Kier alpha value is -2.53. The van der Waals surface area contributed by atoms with Gasteiger partial charge in [-0.05, 0) is 11.6 Å². The highest BCUT2D eigenvalue weighted by Gasteiger charge is 2.40. The van der Waals surface area contributed by atoms with Crippen molar-refractivity contribution in [1.82, 2.24) is 9.88 Å². The molecule has 2 aromatic rings. The van der Waals surface area contributed by atoms with E-state index in [2.05, 4.69) is 4.98 Å². The predicted octanol–water partition coefficient (Wildman–Crippen LogP) is 1.38. The molecule has 5 nitrogen and oxygen atoms in total. The largest absolute Gasteiger partial charge is 0.328 e. The van der Waals surface area contributed by atoms with E-state index >= 15 is 0 Å². The standard InChI is InChI=1S/C15H13N3O2/c16-8-13(10-4-2-1-3-5-10)18-14(19)11-6-7-17-9-12(11)15(18)20/h1-7,9,13H,8,16H2. The van der Waals surface area contributed by atoms with E-state index in [0.29, 0.717) is 11.1 Å². The Labute approximate surface area is 116 Å². The number of aromatic nitrogens is 1. The van der Waals surface area contributed by atoms with Gasteiger partial charge in [0.1, 0.15) is 0 Å². The maximum atomic E-state index is 12.4. The summed E-state index contributed by atoms with van der Waals surface area (Å²) in [5, 5.41) is 0. The number of carbonyl (C=O) groups excluding carboxylic acids is 2. The highest BCUT2D eigenvalue weighted by atomic mass is 16.2. The van der Waals surface area contributed by atoms with E-state index in [-0.39, 0.29) is 18.4 Å². The lowest BCUT2D eigenvalue weighted by Crippen LogP contribution is -2.38. The van der Waals surface area contributed by atoms with Gasteiger partial charge in [0.2, 0.25) is 0 Å². The zero-order valence-corrected chi connectivity index (χ0v) is 10.7. The van der Waals surface area contributed by atoms with Crippen molar-refractivity contribution < 1.29 is 9.59 Å². The summed E-state index contributed by atoms with van der Waals surface area (Å²) in [5.74, 6) is -0.649. The quantitative estimate of drug-likeness (QED) is 0.852. The van der Waals surface area contributed by atoms with Gasteiger partial charge in [0.25, 0.3) is 11.8 Å². The van der Waals surface area contributed by atoms with Gasteiger partial charge in [0.05, 0.1) is 17.2 Å². The van der Waals surface area contributed by atoms with E-state index in [4.69, 9.17) is 5.73 Å². The number of rotatable bonds is 3. The summed E-state index contributed by atoms with van der Waals surface area (Å²) in [6.45, 7) is 0.183. The molecular formula is C15H13N3O2. The number of fused-ring (bicyclic) bond motifs is 1. The Morgan fingerprint density at radius 2 is 1.75 bits per heavy atom. The molecule has 1 atom stereocenters. The molecule has 20 heavy (non-hydrogen) atoms. The molecule has 2 heterocycles. The van der Waals surface area contributed by atoms with Crippen LogP contribution in [-0.2, 0) is 0 Å². The third-order valence-electron chi connectivity index (χ3n) is 3.44. The third-order valence-corrected chi connectivity index (χ3v) is 3.44. The van der Waals surface area contributed by atoms with Gasteiger partial charge >= 0.3 is 0 Å². The lowest BCUT2D eigenvalue weighted by Gasteiger charge is -2.25. The molecule has 5 heteroatoms. The Balaban J connectivity index is 2.03. The van der Waals surface area contributed by atoms with Crippen molar-refractivity contribution in [3.8, 4) is 0 Å². The molecule has 1 aromatic carbocycles. The maximum Gasteiger partial charge on any atom is 0.263 e. The van der Waals surface area contributed by atoms with Crippen molar-refractivity contribution in [2.75, 3.05) is 6.54 Å². The van der Waals surface area contributed by atoms with E-state index in [1.54, 1.807) is 6.07 Å². The first-order valence-electron chi connectivity index (χ1n) is 6.31. The Kier molecular flexibility index (Phi) is 3.04. The highest BCUT2D eigenvalue weighted by molar-refractivity contribution is 6.21. The minimum Gasteiger partial charge on any atom is -0.328 e. The number of hydrogen-bond donors (Lipinski definition) is 1. The van der Waals surface area contributed by atoms with Crippen LogP contribution in [0, 0.1) is 0 Å². The van der Waals surface area contributed by atoms with E-state index in [1.807, 2.05) is 30.3 Å². The van der Waals surface area contributed by atoms with Crippen LogP contribution < -0.4 is 5.73 Å². The predicted molar refractivity (Wildman–Crippen MR) is 73.0 cm³/mol. The van der Waals surface area contributed by atoms with Gasteiger partial charge in [-0.15, -0.1) is 0 Å². The molecule has 1 aliphatic rings. The van der Waals surface area contributed by atoms with Crippen LogP contribution in [0.5, 0.6) is 0 Å². The van der Waals surface area contributed by atoms with Crippen LogP contribution in [0.25, 0.3) is 0 Å². The van der Waals surface area contributed by atoms with Crippen molar-refractivity contribution in [3.05, 3.63) is 65.5 Å². The summed E-state index contributed by atoms with van der Waals surface area (Å²) < 4.78 is 0. The molecule has 2 amide bonds. The molecule has 0 saturated heterocycles. The van der Waals surface area contributed by atoms with Gasteiger partial charge in [-0.1, -0.05) is 30.3 Å². The molecule has 0 saturated carbocycles. The zero-order chi connectivity index (χ0) is 14.1. The number of benzene rings is 1. The molecule has 3 rings (SSSR count). The van der Waals surface area contributed by atoms with Crippen LogP contribution in [0.4, 0.5) is 0 Å². The van der Waals surface area contributed by atoms with Gasteiger partial charge < -0.3 is 5.73 Å². The van der Waals surface area contributed by atoms with E-state index < -0.39 is 6.04 Å². The Morgan fingerprint density at radius 3 is 2.40 bits per heavy atom. The number of hydrogen-bond acceptors (Lipinski definition) is 4. The summed E-state index contributed by atoms with van der Waals surface area (Å²) in [6.07, 6.45) is 2.93. The molecule has 2 N–H and O–H groups in total. The molecule has 0 bridgehead atoms. The second-order valence-corrected chi connectivity index (χ2v) is 4.56. The Morgan fingerprint density at radius 1 is 1.05 bits per heavy atom. The first-order chi connectivity index (χ1) is 9.74. The molecule has 0 aliphatic carbocycles. The van der Waals surface area contributed by atoms with E-state index in [1.165, 1.54) is 17.3 Å². The maximum absolute atomic E-state index is 12.4. The minimum atomic E-state index is -0.455. The highest BCUT2D eigenvalue weighted by Crippen LogP contribution is 2.30. The van der Waals surface area contributed by atoms with Crippen molar-refractivity contribution in [3.63, 3.8) is 0 Å². The first kappa shape index (κ1) is 12.5. The summed E-state index contributed by atoms with van der Waals surface area (Å²) in [6, 6.07) is 10.4. The lowest BCUT2D eigenvalue weighted by molar-refractivity contribution is 0.0587. The van der Waals surface area contributed by atoms with Crippen LogP contribution in [0.3, 0.4) is 0 Å². The monoisotopic (exact) mass is 267 g/mol. The fourth-order valence-corrected chi connectivity index (χ4v) is 2.45. The number of nitrogens with two attached hydrogens (primary N) is 1. The van der Waals surface area contributed by atoms with Crippen LogP contribution in [-0.4, -0.2) is 28.2 Å². The molecule has 0 spiro atoms. The van der Waals surface area contributed by atoms with Crippen molar-refractivity contribution in [1.29, 1.82) is 0 Å². The van der Waals surface area contributed by atoms with Crippen LogP contribution in [0.1, 0.15) is 32.3 Å². The van der Waals surface area contributed by atoms with E-state index in [9.17, 15) is 9.59 Å². The van der Waals surface area contributed by atoms with Crippen molar-refractivity contribution >= 4 is 11.8 Å². The number of carbonyl (C=O) groups is 2. The van der Waals surface area contributed by atoms with Crippen molar-refractivity contribution in [2.45, 2.75) is 6.04 Å². The second kappa shape index (κ2) is 4.86. The molecule has 1 aromatic heterocycles. The smallest absolute Gasteiger partial charge is 0.263 e. The molecular weight excluding hydrogens is 254 g/mol. The average Bonchev–Trinajstić information content (AvgIpc) is 2.75. The average molecular weight is 267 g/mol. The zero-order valence-electron chi connectivity index (χ0n) is 10.7. The second-order valence-electron chi connectivity index (χ2n) is 4.56. The molecule has 0 radical (unpaired) electrons. The van der Waals surface area contributed by atoms with Gasteiger partial charge in [0.15, 0.2) is 0 Å². The number of amides is 2. The summed E-state index contributed by atoms with van der Waals surface area (Å²) >= 11 is 0. The van der Waals surface area contributed by atoms with E-state index in [0.717, 1.165) is 5.56 Å². The lowest BCUT2D eigenvalue weighted by atomic mass is 10.1. The van der Waals surface area contributed by atoms with Gasteiger partial charge in [-0.25, -0.2) is 0 Å². The fourth-order valence-electron chi connectivity index (χ4n) is 2.45. The van der Waals surface area contributed by atoms with Crippen LogP contribution >= 0.6 is 0 Å². The fraction of sp³-hybridized carbons (Fsp3) is 0.133. The summed E-state index contributed by atoms with van der Waals surface area (Å²) in [5.41, 5.74) is 7.36. The van der Waals surface area contributed by atoms with Gasteiger partial charge in [-0.3, -0.25) is 19.5 Å². The van der Waals surface area contributed by atoms with Crippen LogP contribution in [0.15, 0.2) is 48.8 Å². The van der Waals surface area contributed by atoms with Crippen LogP contribution in [0.2, 0.25) is 0 Å².